The van der Waals surface area contributed by atoms with E-state index in [2.05, 4.69) is 20.9 Å². The Hall–Kier alpha value is -4.26. The Morgan fingerprint density at radius 2 is 1.52 bits per heavy atom. The molecule has 0 radical (unpaired) electrons. The second-order valence-electron chi connectivity index (χ2n) is 10.3. The number of aromatic amines is 1. The second-order valence-corrected chi connectivity index (χ2v) is 10.3. The van der Waals surface area contributed by atoms with Crippen molar-refractivity contribution in [2.45, 2.75) is 69.3 Å². The fraction of sp³-hybridized carbons (Fsp3) is 0.400. The Labute approximate surface area is 244 Å². The van der Waals surface area contributed by atoms with Gasteiger partial charge in [-0.05, 0) is 56.3 Å². The van der Waals surface area contributed by atoms with Gasteiger partial charge in [-0.2, -0.15) is 0 Å². The molecule has 3 rings (SSSR count). The van der Waals surface area contributed by atoms with Crippen molar-refractivity contribution < 1.29 is 29.4 Å². The van der Waals surface area contributed by atoms with Crippen LogP contribution in [0, 0.1) is 0 Å². The number of aliphatic carboxylic acids is 1. The summed E-state index contributed by atoms with van der Waals surface area (Å²) in [6.45, 7) is 1.73. The first kappa shape index (κ1) is 32.3. The van der Waals surface area contributed by atoms with E-state index < -0.39 is 54.0 Å². The van der Waals surface area contributed by atoms with E-state index >= 15 is 0 Å². The van der Waals surface area contributed by atoms with Crippen LogP contribution in [0.1, 0.15) is 37.3 Å². The average molecular weight is 581 g/mol. The molecule has 2 aromatic carbocycles. The van der Waals surface area contributed by atoms with E-state index in [9.17, 15) is 29.4 Å². The predicted octanol–water partition coefficient (Wildman–Crippen LogP) is 0.329. The van der Waals surface area contributed by atoms with Crippen LogP contribution in [0.4, 0.5) is 0 Å². The first-order chi connectivity index (χ1) is 20.1. The number of rotatable bonds is 16. The van der Waals surface area contributed by atoms with Gasteiger partial charge in [0.25, 0.3) is 0 Å². The third kappa shape index (κ3) is 9.13. The van der Waals surface area contributed by atoms with Gasteiger partial charge < -0.3 is 42.6 Å². The lowest BCUT2D eigenvalue weighted by atomic mass is 10.0. The van der Waals surface area contributed by atoms with E-state index in [-0.39, 0.29) is 19.3 Å². The number of para-hydroxylation sites is 1. The predicted molar refractivity (Wildman–Crippen MR) is 158 cm³/mol. The van der Waals surface area contributed by atoms with Gasteiger partial charge in [0.15, 0.2) is 0 Å². The van der Waals surface area contributed by atoms with Gasteiger partial charge in [0.1, 0.15) is 18.1 Å². The number of unbranched alkanes of at least 4 members (excludes halogenated alkanes) is 1. The molecule has 0 fully saturated rings. The van der Waals surface area contributed by atoms with Crippen LogP contribution in [0.25, 0.3) is 10.9 Å². The summed E-state index contributed by atoms with van der Waals surface area (Å²) in [5.41, 5.74) is 14.1. The largest absolute Gasteiger partial charge is 0.480 e. The first-order valence-electron chi connectivity index (χ1n) is 14.0. The van der Waals surface area contributed by atoms with Crippen molar-refractivity contribution in [3.63, 3.8) is 0 Å². The van der Waals surface area contributed by atoms with E-state index in [1.165, 1.54) is 6.92 Å². The molecular weight excluding hydrogens is 540 g/mol. The smallest absolute Gasteiger partial charge is 0.326 e. The Bertz CT molecular complexity index is 1340. The minimum Gasteiger partial charge on any atom is -0.480 e. The minimum absolute atomic E-state index is 0.0497. The molecule has 0 bridgehead atoms. The molecule has 5 unspecified atom stereocenters. The number of aliphatic hydroxyl groups excluding tert-OH is 1. The lowest BCUT2D eigenvalue weighted by Crippen LogP contribution is -2.60. The Morgan fingerprint density at radius 3 is 2.19 bits per heavy atom. The number of fused-ring (bicyclic) bond motifs is 1. The molecule has 3 amide bonds. The summed E-state index contributed by atoms with van der Waals surface area (Å²) in [5.74, 6) is -3.39. The second kappa shape index (κ2) is 15.7. The molecule has 1 aromatic heterocycles. The molecule has 0 saturated heterocycles. The molecule has 42 heavy (non-hydrogen) atoms. The number of amides is 3. The highest BCUT2D eigenvalue weighted by atomic mass is 16.4. The van der Waals surface area contributed by atoms with Crippen molar-refractivity contribution in [1.29, 1.82) is 0 Å². The Kier molecular flexibility index (Phi) is 12.0. The van der Waals surface area contributed by atoms with Crippen molar-refractivity contribution in [3.8, 4) is 0 Å². The van der Waals surface area contributed by atoms with Gasteiger partial charge in [0.2, 0.25) is 17.7 Å². The fourth-order valence-electron chi connectivity index (χ4n) is 4.64. The third-order valence-corrected chi connectivity index (χ3v) is 6.99. The highest BCUT2D eigenvalue weighted by molar-refractivity contribution is 5.95. The zero-order valence-electron chi connectivity index (χ0n) is 23.6. The van der Waals surface area contributed by atoms with Crippen molar-refractivity contribution in [1.82, 2.24) is 20.9 Å². The minimum atomic E-state index is -1.42. The number of benzene rings is 2. The maximum atomic E-state index is 13.3. The van der Waals surface area contributed by atoms with E-state index in [0.29, 0.717) is 24.9 Å². The molecular formula is C30H40N6O6. The van der Waals surface area contributed by atoms with E-state index in [1.807, 2.05) is 24.3 Å². The number of hydrogen-bond donors (Lipinski definition) is 8. The van der Waals surface area contributed by atoms with Gasteiger partial charge in [-0.1, -0.05) is 48.5 Å². The zero-order chi connectivity index (χ0) is 30.6. The molecule has 5 atom stereocenters. The molecule has 0 saturated carbocycles. The maximum Gasteiger partial charge on any atom is 0.326 e. The molecule has 12 nitrogen and oxygen atoms in total. The first-order valence-corrected chi connectivity index (χ1v) is 14.0. The quantitative estimate of drug-likeness (QED) is 0.110. The van der Waals surface area contributed by atoms with Crippen LogP contribution < -0.4 is 27.4 Å². The molecule has 226 valence electrons. The highest BCUT2D eigenvalue weighted by Crippen LogP contribution is 2.19. The molecule has 0 spiro atoms. The summed E-state index contributed by atoms with van der Waals surface area (Å²) in [6, 6.07) is 11.6. The van der Waals surface area contributed by atoms with Gasteiger partial charge >= 0.3 is 5.97 Å². The Morgan fingerprint density at radius 1 is 0.857 bits per heavy atom. The lowest BCUT2D eigenvalue weighted by Gasteiger charge is -2.26. The topological polar surface area (TPSA) is 213 Å². The summed E-state index contributed by atoms with van der Waals surface area (Å²) in [4.78, 5) is 54.5. The lowest BCUT2D eigenvalue weighted by molar-refractivity contribution is -0.142. The molecule has 0 aliphatic carbocycles. The average Bonchev–Trinajstić information content (AvgIpc) is 3.37. The van der Waals surface area contributed by atoms with Crippen molar-refractivity contribution in [2.75, 3.05) is 6.54 Å². The Balaban J connectivity index is 1.72. The van der Waals surface area contributed by atoms with Crippen molar-refractivity contribution in [3.05, 3.63) is 71.9 Å². The number of carbonyl (C=O) groups is 4. The van der Waals surface area contributed by atoms with Gasteiger partial charge in [0.05, 0.1) is 12.1 Å². The molecule has 12 heteroatoms. The van der Waals surface area contributed by atoms with E-state index in [1.54, 1.807) is 36.5 Å². The van der Waals surface area contributed by atoms with Crippen molar-refractivity contribution >= 4 is 34.6 Å². The van der Waals surface area contributed by atoms with Crippen molar-refractivity contribution in [2.24, 2.45) is 11.5 Å². The summed E-state index contributed by atoms with van der Waals surface area (Å²) >= 11 is 0. The van der Waals surface area contributed by atoms with Crippen LogP contribution in [-0.2, 0) is 32.0 Å². The number of hydrogen-bond acceptors (Lipinski definition) is 7. The van der Waals surface area contributed by atoms with Crippen LogP contribution in [-0.4, -0.2) is 75.7 Å². The van der Waals surface area contributed by atoms with Gasteiger partial charge in [-0.15, -0.1) is 0 Å². The van der Waals surface area contributed by atoms with Crippen LogP contribution in [0.15, 0.2) is 60.8 Å². The summed E-state index contributed by atoms with van der Waals surface area (Å²) in [7, 11) is 0. The van der Waals surface area contributed by atoms with Crippen LogP contribution in [0.3, 0.4) is 0 Å². The molecule has 0 aliphatic heterocycles. The number of nitrogens with two attached hydrogens (primary N) is 2. The van der Waals surface area contributed by atoms with E-state index in [4.69, 9.17) is 11.5 Å². The third-order valence-electron chi connectivity index (χ3n) is 6.99. The fourth-order valence-corrected chi connectivity index (χ4v) is 4.64. The molecule has 1 heterocycles. The SMILES string of the molecule is CC(O)C(NC(=O)C(N)Cc1c[nH]c2ccccc12)C(=O)NC(Cc1ccccc1)C(=O)NC(CCCCN)C(=O)O. The van der Waals surface area contributed by atoms with Gasteiger partial charge in [0, 0.05) is 23.5 Å². The zero-order valence-corrected chi connectivity index (χ0v) is 23.6. The normalized spacial score (nSPS) is 14.8. The van der Waals surface area contributed by atoms with Crippen LogP contribution in [0.5, 0.6) is 0 Å². The molecule has 10 N–H and O–H groups in total. The standard InChI is InChI=1S/C30H40N6O6/c1-18(37)26(36-27(38)22(32)16-20-17-33-23-12-6-5-11-21(20)23)29(40)35-25(15-19-9-3-2-4-10-19)28(39)34-24(30(41)42)13-7-8-14-31/h2-6,9-12,17-18,22,24-26,33,37H,7-8,13-16,31-32H2,1H3,(H,34,39)(H,35,40)(H,36,38)(H,41,42). The molecule has 3 aromatic rings. The number of nitrogens with one attached hydrogen (secondary N) is 4. The summed E-state index contributed by atoms with van der Waals surface area (Å²) in [6.07, 6.45) is 1.95. The van der Waals surface area contributed by atoms with Crippen LogP contribution >= 0.6 is 0 Å². The number of carboxylic acid groups (broad SMARTS) is 1. The van der Waals surface area contributed by atoms with E-state index in [0.717, 1.165) is 16.5 Å². The highest BCUT2D eigenvalue weighted by Gasteiger charge is 2.32. The number of H-pyrrole nitrogens is 1. The van der Waals surface area contributed by atoms with Crippen LogP contribution in [0.2, 0.25) is 0 Å². The van der Waals surface area contributed by atoms with Gasteiger partial charge in [-0.3, -0.25) is 14.4 Å². The van der Waals surface area contributed by atoms with Gasteiger partial charge in [-0.25, -0.2) is 4.79 Å². The maximum absolute atomic E-state index is 13.3. The number of carbonyl (C=O) groups excluding carboxylic acids is 3. The summed E-state index contributed by atoms with van der Waals surface area (Å²) < 4.78 is 0. The molecule has 0 aliphatic rings. The monoisotopic (exact) mass is 580 g/mol. The summed E-state index contributed by atoms with van der Waals surface area (Å²) in [5, 5.41) is 28.5. The number of aromatic nitrogens is 1. The number of aliphatic hydroxyl groups is 1. The number of carboxylic acids is 1.